The lowest BCUT2D eigenvalue weighted by atomic mass is 10.2. The number of hydrogen-bond donors (Lipinski definition) is 2. The van der Waals surface area contributed by atoms with Crippen LogP contribution in [0, 0.1) is 12.7 Å². The normalized spacial score (nSPS) is 10.7. The van der Waals surface area contributed by atoms with Gasteiger partial charge in [-0.1, -0.05) is 0 Å². The molecule has 0 unspecified atom stereocenters. The van der Waals surface area contributed by atoms with E-state index in [4.69, 9.17) is 4.74 Å². The third-order valence-corrected chi connectivity index (χ3v) is 3.53. The van der Waals surface area contributed by atoms with Crippen LogP contribution in [-0.2, 0) is 7.05 Å². The van der Waals surface area contributed by atoms with E-state index in [-0.39, 0.29) is 5.75 Å². The highest BCUT2D eigenvalue weighted by molar-refractivity contribution is 6.01. The predicted octanol–water partition coefficient (Wildman–Crippen LogP) is 3.07. The van der Waals surface area contributed by atoms with Crippen LogP contribution in [0.3, 0.4) is 0 Å². The molecule has 0 saturated heterocycles. The van der Waals surface area contributed by atoms with Crippen molar-refractivity contribution in [2.45, 2.75) is 6.92 Å². The summed E-state index contributed by atoms with van der Waals surface area (Å²) < 4.78 is 19.9. The molecule has 0 radical (unpaired) electrons. The summed E-state index contributed by atoms with van der Waals surface area (Å²) in [6.45, 7) is 1.87. The maximum absolute atomic E-state index is 13.2. The predicted molar refractivity (Wildman–Crippen MR) is 88.8 cm³/mol. The lowest BCUT2D eigenvalue weighted by Gasteiger charge is -2.11. The van der Waals surface area contributed by atoms with E-state index >= 15 is 0 Å². The molecule has 0 aliphatic rings. The van der Waals surface area contributed by atoms with E-state index in [2.05, 4.69) is 20.7 Å². The number of ether oxygens (including phenoxy) is 1. The van der Waals surface area contributed by atoms with Crippen molar-refractivity contribution in [1.29, 1.82) is 0 Å². The maximum Gasteiger partial charge on any atom is 0.323 e. The number of amides is 2. The van der Waals surface area contributed by atoms with Crippen LogP contribution in [0.4, 0.5) is 20.6 Å². The SMILES string of the molecule is COc1cc(F)ccc1NC(=O)Nc1cnc2c(c1)c(C)nn2C. The van der Waals surface area contributed by atoms with Crippen molar-refractivity contribution in [1.82, 2.24) is 14.8 Å². The van der Waals surface area contributed by atoms with Gasteiger partial charge in [0, 0.05) is 18.5 Å². The number of aryl methyl sites for hydroxylation is 2. The summed E-state index contributed by atoms with van der Waals surface area (Å²) in [6, 6.07) is 5.18. The molecule has 3 aromatic rings. The molecule has 1 aromatic carbocycles. The topological polar surface area (TPSA) is 81.1 Å². The van der Waals surface area contributed by atoms with Crippen LogP contribution in [-0.4, -0.2) is 27.9 Å². The molecule has 3 rings (SSSR count). The zero-order valence-electron chi connectivity index (χ0n) is 13.4. The molecule has 0 saturated carbocycles. The summed E-state index contributed by atoms with van der Waals surface area (Å²) in [6.07, 6.45) is 1.55. The van der Waals surface area contributed by atoms with Gasteiger partial charge in [0.25, 0.3) is 0 Å². The number of benzene rings is 1. The second kappa shape index (κ2) is 6.15. The van der Waals surface area contributed by atoms with Crippen molar-refractivity contribution in [2.24, 2.45) is 7.05 Å². The van der Waals surface area contributed by atoms with Gasteiger partial charge in [-0.3, -0.25) is 4.68 Å². The summed E-state index contributed by atoms with van der Waals surface area (Å²) in [7, 11) is 3.21. The molecule has 0 aliphatic carbocycles. The Hall–Kier alpha value is -3.16. The molecule has 2 aromatic heterocycles. The minimum atomic E-state index is -0.484. The summed E-state index contributed by atoms with van der Waals surface area (Å²) >= 11 is 0. The molecule has 0 spiro atoms. The van der Waals surface area contributed by atoms with E-state index in [1.165, 1.54) is 25.3 Å². The zero-order valence-corrected chi connectivity index (χ0v) is 13.4. The first kappa shape index (κ1) is 15.7. The van der Waals surface area contributed by atoms with Crippen LogP contribution in [0.2, 0.25) is 0 Å². The summed E-state index contributed by atoms with van der Waals surface area (Å²) in [4.78, 5) is 16.4. The number of hydrogen-bond acceptors (Lipinski definition) is 4. The molecule has 2 amide bonds. The van der Waals surface area contributed by atoms with Crippen LogP contribution < -0.4 is 15.4 Å². The Balaban J connectivity index is 1.79. The molecule has 2 N–H and O–H groups in total. The number of aromatic nitrogens is 3. The second-order valence-electron chi connectivity index (χ2n) is 5.23. The number of nitrogens with zero attached hydrogens (tertiary/aromatic N) is 3. The molecule has 24 heavy (non-hydrogen) atoms. The van der Waals surface area contributed by atoms with E-state index in [0.29, 0.717) is 11.4 Å². The number of fused-ring (bicyclic) bond motifs is 1. The number of rotatable bonds is 3. The number of nitrogens with one attached hydrogen (secondary N) is 2. The molecule has 2 heterocycles. The fraction of sp³-hybridized carbons (Fsp3) is 0.188. The van der Waals surface area contributed by atoms with Gasteiger partial charge in [-0.2, -0.15) is 5.10 Å². The van der Waals surface area contributed by atoms with Crippen molar-refractivity contribution < 1.29 is 13.9 Å². The Bertz CT molecular complexity index is 922. The van der Waals surface area contributed by atoms with Gasteiger partial charge < -0.3 is 15.4 Å². The van der Waals surface area contributed by atoms with Crippen LogP contribution in [0.1, 0.15) is 5.69 Å². The number of carbonyl (C=O) groups excluding carboxylic acids is 1. The maximum atomic E-state index is 13.2. The van der Waals surface area contributed by atoms with Gasteiger partial charge in [0.1, 0.15) is 11.6 Å². The smallest absolute Gasteiger partial charge is 0.323 e. The lowest BCUT2D eigenvalue weighted by Crippen LogP contribution is -2.20. The van der Waals surface area contributed by atoms with E-state index in [1.807, 2.05) is 14.0 Å². The summed E-state index contributed by atoms with van der Waals surface area (Å²) in [5, 5.41) is 10.4. The number of halogens is 1. The van der Waals surface area contributed by atoms with Crippen LogP contribution in [0.25, 0.3) is 11.0 Å². The van der Waals surface area contributed by atoms with Gasteiger partial charge in [0.05, 0.1) is 30.4 Å². The monoisotopic (exact) mass is 329 g/mol. The Morgan fingerprint density at radius 1 is 1.29 bits per heavy atom. The summed E-state index contributed by atoms with van der Waals surface area (Å²) in [5.41, 5.74) is 2.45. The van der Waals surface area contributed by atoms with E-state index in [1.54, 1.807) is 16.9 Å². The zero-order chi connectivity index (χ0) is 17.3. The minimum Gasteiger partial charge on any atom is -0.494 e. The van der Waals surface area contributed by atoms with Crippen LogP contribution in [0.15, 0.2) is 30.5 Å². The Kier molecular flexibility index (Phi) is 4.03. The second-order valence-corrected chi connectivity index (χ2v) is 5.23. The quantitative estimate of drug-likeness (QED) is 0.774. The van der Waals surface area contributed by atoms with Crippen molar-refractivity contribution in [3.63, 3.8) is 0 Å². The fourth-order valence-electron chi connectivity index (χ4n) is 2.43. The van der Waals surface area contributed by atoms with Gasteiger partial charge in [-0.25, -0.2) is 14.2 Å². The number of methoxy groups -OCH3 is 1. The van der Waals surface area contributed by atoms with Gasteiger partial charge in [-0.15, -0.1) is 0 Å². The molecule has 0 aliphatic heterocycles. The molecular formula is C16H16FN5O2. The number of carbonyl (C=O) groups is 1. The van der Waals surface area contributed by atoms with Crippen LogP contribution >= 0.6 is 0 Å². The van der Waals surface area contributed by atoms with Crippen molar-refractivity contribution in [2.75, 3.05) is 17.7 Å². The lowest BCUT2D eigenvalue weighted by molar-refractivity contribution is 0.262. The molecule has 0 fully saturated rings. The van der Waals surface area contributed by atoms with Crippen molar-refractivity contribution in [3.05, 3.63) is 42.0 Å². The standard InChI is InChI=1S/C16H16FN5O2/c1-9-12-7-11(8-18-15(12)22(2)21-9)19-16(23)20-13-5-4-10(17)6-14(13)24-3/h4-8H,1-3H3,(H2,19,20,23). The molecule has 8 heteroatoms. The Morgan fingerprint density at radius 3 is 2.83 bits per heavy atom. The number of anilines is 2. The van der Waals surface area contributed by atoms with E-state index < -0.39 is 11.8 Å². The summed E-state index contributed by atoms with van der Waals surface area (Å²) in [5.74, 6) is -0.207. The molecule has 124 valence electrons. The number of urea groups is 1. The van der Waals surface area contributed by atoms with Gasteiger partial charge in [-0.05, 0) is 25.1 Å². The van der Waals surface area contributed by atoms with Crippen molar-refractivity contribution in [3.8, 4) is 5.75 Å². The van der Waals surface area contributed by atoms with Gasteiger partial charge in [0.15, 0.2) is 5.65 Å². The molecule has 7 nitrogen and oxygen atoms in total. The molecular weight excluding hydrogens is 313 g/mol. The molecule has 0 bridgehead atoms. The van der Waals surface area contributed by atoms with Crippen molar-refractivity contribution >= 4 is 28.4 Å². The van der Waals surface area contributed by atoms with E-state index in [0.717, 1.165) is 16.7 Å². The largest absolute Gasteiger partial charge is 0.494 e. The first-order chi connectivity index (χ1) is 11.5. The van der Waals surface area contributed by atoms with E-state index in [9.17, 15) is 9.18 Å². The highest BCUT2D eigenvalue weighted by Crippen LogP contribution is 2.25. The Morgan fingerprint density at radius 2 is 2.08 bits per heavy atom. The average Bonchev–Trinajstić information content (AvgIpc) is 2.83. The first-order valence-electron chi connectivity index (χ1n) is 7.19. The van der Waals surface area contributed by atoms with Gasteiger partial charge in [0.2, 0.25) is 0 Å². The third kappa shape index (κ3) is 2.98. The number of pyridine rings is 1. The first-order valence-corrected chi connectivity index (χ1v) is 7.19. The average molecular weight is 329 g/mol. The van der Waals surface area contributed by atoms with Gasteiger partial charge >= 0.3 is 6.03 Å². The Labute approximate surface area is 137 Å². The minimum absolute atomic E-state index is 0.238. The fourth-order valence-corrected chi connectivity index (χ4v) is 2.43. The molecule has 0 atom stereocenters. The third-order valence-electron chi connectivity index (χ3n) is 3.53. The highest BCUT2D eigenvalue weighted by Gasteiger charge is 2.11. The highest BCUT2D eigenvalue weighted by atomic mass is 19.1. The van der Waals surface area contributed by atoms with Crippen LogP contribution in [0.5, 0.6) is 5.75 Å².